The van der Waals surface area contributed by atoms with E-state index in [2.05, 4.69) is 5.32 Å². The summed E-state index contributed by atoms with van der Waals surface area (Å²) in [4.78, 5) is 12.3. The third-order valence-electron chi connectivity index (χ3n) is 3.51. The molecule has 0 fully saturated rings. The first-order chi connectivity index (χ1) is 10.9. The maximum absolute atomic E-state index is 12.3. The smallest absolute Gasteiger partial charge is 0.266 e. The third-order valence-corrected chi connectivity index (χ3v) is 4.17. The number of rotatable bonds is 3. The summed E-state index contributed by atoms with van der Waals surface area (Å²) in [7, 11) is 0. The molecule has 0 saturated carbocycles. The van der Waals surface area contributed by atoms with Gasteiger partial charge in [-0.2, -0.15) is 5.26 Å². The highest BCUT2D eigenvalue weighted by Crippen LogP contribution is 2.27. The summed E-state index contributed by atoms with van der Waals surface area (Å²) in [6.07, 6.45) is 1.39. The fraction of sp³-hybridized carbons (Fsp3) is 0.111. The molecule has 0 aliphatic heterocycles. The lowest BCUT2D eigenvalue weighted by atomic mass is 10.1. The van der Waals surface area contributed by atoms with Crippen molar-refractivity contribution in [2.24, 2.45) is 0 Å². The molecule has 0 radical (unpaired) electrons. The maximum atomic E-state index is 12.3. The van der Waals surface area contributed by atoms with E-state index in [0.717, 1.165) is 11.1 Å². The van der Waals surface area contributed by atoms with Crippen molar-refractivity contribution >= 4 is 40.9 Å². The van der Waals surface area contributed by atoms with Crippen molar-refractivity contribution in [3.63, 3.8) is 0 Å². The lowest BCUT2D eigenvalue weighted by Crippen LogP contribution is -2.14. The van der Waals surface area contributed by atoms with Crippen molar-refractivity contribution in [1.82, 2.24) is 0 Å². The van der Waals surface area contributed by atoms with Crippen LogP contribution in [0.25, 0.3) is 6.08 Å². The first-order valence-electron chi connectivity index (χ1n) is 6.87. The van der Waals surface area contributed by atoms with E-state index in [4.69, 9.17) is 23.2 Å². The van der Waals surface area contributed by atoms with Crippen LogP contribution in [0, 0.1) is 25.2 Å². The van der Waals surface area contributed by atoms with E-state index in [9.17, 15) is 10.1 Å². The van der Waals surface area contributed by atoms with E-state index < -0.39 is 5.91 Å². The van der Waals surface area contributed by atoms with Gasteiger partial charge in [-0.25, -0.2) is 0 Å². The number of benzene rings is 2. The van der Waals surface area contributed by atoms with Gasteiger partial charge in [0.1, 0.15) is 11.6 Å². The van der Waals surface area contributed by atoms with Gasteiger partial charge in [-0.15, -0.1) is 0 Å². The highest BCUT2D eigenvalue weighted by molar-refractivity contribution is 6.37. The Hall–Kier alpha value is -2.28. The van der Waals surface area contributed by atoms with Gasteiger partial charge in [0.25, 0.3) is 5.91 Å². The van der Waals surface area contributed by atoms with E-state index in [0.29, 0.717) is 21.3 Å². The second-order valence-corrected chi connectivity index (χ2v) is 5.82. The van der Waals surface area contributed by atoms with Crippen LogP contribution in [0.5, 0.6) is 0 Å². The van der Waals surface area contributed by atoms with E-state index in [1.165, 1.54) is 6.08 Å². The Balaban J connectivity index is 2.35. The molecule has 0 atom stereocenters. The van der Waals surface area contributed by atoms with Crippen LogP contribution in [0.4, 0.5) is 5.69 Å². The molecule has 0 spiro atoms. The molecule has 2 aromatic rings. The van der Waals surface area contributed by atoms with E-state index >= 15 is 0 Å². The number of nitrogens with zero attached hydrogens (tertiary/aromatic N) is 1. The summed E-state index contributed by atoms with van der Waals surface area (Å²) in [6, 6.07) is 12.5. The monoisotopic (exact) mass is 344 g/mol. The van der Waals surface area contributed by atoms with Crippen molar-refractivity contribution in [3.05, 3.63) is 68.7 Å². The zero-order chi connectivity index (χ0) is 17.0. The van der Waals surface area contributed by atoms with Crippen LogP contribution < -0.4 is 5.32 Å². The van der Waals surface area contributed by atoms with Gasteiger partial charge in [0, 0.05) is 21.3 Å². The number of amides is 1. The zero-order valence-corrected chi connectivity index (χ0v) is 14.2. The van der Waals surface area contributed by atoms with Gasteiger partial charge in [-0.3, -0.25) is 4.79 Å². The van der Waals surface area contributed by atoms with Crippen LogP contribution in [-0.4, -0.2) is 5.91 Å². The molecular formula is C18H14Cl2N2O. The molecule has 0 aromatic heterocycles. The number of carbonyl (C=O) groups excluding carboxylic acids is 1. The Bertz CT molecular complexity index is 815. The Morgan fingerprint density at radius 1 is 1.13 bits per heavy atom. The summed E-state index contributed by atoms with van der Waals surface area (Å²) < 4.78 is 0. The average molecular weight is 345 g/mol. The largest absolute Gasteiger partial charge is 0.321 e. The predicted molar refractivity (Wildman–Crippen MR) is 94.6 cm³/mol. The molecule has 0 saturated heterocycles. The Labute approximate surface area is 145 Å². The Morgan fingerprint density at radius 3 is 2.35 bits per heavy atom. The standard InChI is InChI=1S/C18H14Cl2N2O/c1-11-5-3-8-17(12(11)2)22-18(23)13(10-21)9-14-15(19)6-4-7-16(14)20/h3-9H,1-2H3,(H,22,23)/b13-9-. The molecular weight excluding hydrogens is 331 g/mol. The minimum absolute atomic E-state index is 0.0686. The van der Waals surface area contributed by atoms with Crippen molar-refractivity contribution in [2.45, 2.75) is 13.8 Å². The Morgan fingerprint density at radius 2 is 1.74 bits per heavy atom. The number of hydrogen-bond donors (Lipinski definition) is 1. The van der Waals surface area contributed by atoms with Crippen molar-refractivity contribution in [3.8, 4) is 6.07 Å². The molecule has 23 heavy (non-hydrogen) atoms. The predicted octanol–water partition coefficient (Wildman–Crippen LogP) is 5.16. The summed E-state index contributed by atoms with van der Waals surface area (Å²) >= 11 is 12.1. The summed E-state index contributed by atoms with van der Waals surface area (Å²) in [5.74, 6) is -0.503. The van der Waals surface area contributed by atoms with Gasteiger partial charge < -0.3 is 5.32 Å². The van der Waals surface area contributed by atoms with Gasteiger partial charge in [-0.1, -0.05) is 41.4 Å². The fourth-order valence-corrected chi connectivity index (χ4v) is 2.52. The molecule has 0 unspecified atom stereocenters. The first kappa shape index (κ1) is 17.1. The molecule has 1 amide bonds. The molecule has 2 rings (SSSR count). The second-order valence-electron chi connectivity index (χ2n) is 5.01. The molecule has 5 heteroatoms. The van der Waals surface area contributed by atoms with Crippen molar-refractivity contribution in [1.29, 1.82) is 5.26 Å². The summed E-state index contributed by atoms with van der Waals surface area (Å²) in [5, 5.41) is 12.8. The normalized spacial score (nSPS) is 11.0. The number of anilines is 1. The number of halogens is 2. The second kappa shape index (κ2) is 7.32. The molecule has 3 nitrogen and oxygen atoms in total. The van der Waals surface area contributed by atoms with E-state index in [1.807, 2.05) is 32.0 Å². The highest BCUT2D eigenvalue weighted by atomic mass is 35.5. The number of aryl methyl sites for hydroxylation is 1. The van der Waals surface area contributed by atoms with Crippen LogP contribution in [0.3, 0.4) is 0 Å². The number of hydrogen-bond acceptors (Lipinski definition) is 2. The quantitative estimate of drug-likeness (QED) is 0.617. The molecule has 0 bridgehead atoms. The first-order valence-corrected chi connectivity index (χ1v) is 7.63. The van der Waals surface area contributed by atoms with Gasteiger partial charge in [0.15, 0.2) is 0 Å². The zero-order valence-electron chi connectivity index (χ0n) is 12.7. The van der Waals surface area contributed by atoms with Crippen molar-refractivity contribution < 1.29 is 4.79 Å². The number of carbonyl (C=O) groups is 1. The van der Waals surface area contributed by atoms with E-state index in [1.54, 1.807) is 24.3 Å². The minimum atomic E-state index is -0.503. The van der Waals surface area contributed by atoms with Gasteiger partial charge in [0.2, 0.25) is 0 Å². The average Bonchev–Trinajstić information content (AvgIpc) is 2.51. The third kappa shape index (κ3) is 3.92. The summed E-state index contributed by atoms with van der Waals surface area (Å²) in [6.45, 7) is 3.86. The lowest BCUT2D eigenvalue weighted by molar-refractivity contribution is -0.112. The van der Waals surface area contributed by atoms with Crippen LogP contribution in [0.2, 0.25) is 10.0 Å². The molecule has 116 valence electrons. The molecule has 2 aromatic carbocycles. The SMILES string of the molecule is Cc1cccc(NC(=O)/C(C#N)=C\c2c(Cl)cccc2Cl)c1C. The van der Waals surface area contributed by atoms with Crippen LogP contribution in [-0.2, 0) is 4.79 Å². The summed E-state index contributed by atoms with van der Waals surface area (Å²) in [5.41, 5.74) is 3.05. The number of nitrogens with one attached hydrogen (secondary N) is 1. The van der Waals surface area contributed by atoms with Crippen LogP contribution in [0.15, 0.2) is 42.0 Å². The molecule has 0 aliphatic carbocycles. The van der Waals surface area contributed by atoms with Gasteiger partial charge in [0.05, 0.1) is 0 Å². The molecule has 0 aliphatic rings. The Kier molecular flexibility index (Phi) is 5.44. The van der Waals surface area contributed by atoms with Crippen LogP contribution >= 0.6 is 23.2 Å². The topological polar surface area (TPSA) is 52.9 Å². The molecule has 0 heterocycles. The van der Waals surface area contributed by atoms with Crippen LogP contribution in [0.1, 0.15) is 16.7 Å². The minimum Gasteiger partial charge on any atom is -0.321 e. The maximum Gasteiger partial charge on any atom is 0.266 e. The van der Waals surface area contributed by atoms with E-state index in [-0.39, 0.29) is 5.57 Å². The number of nitriles is 1. The fourth-order valence-electron chi connectivity index (χ4n) is 2.02. The van der Waals surface area contributed by atoms with Crippen molar-refractivity contribution in [2.75, 3.05) is 5.32 Å². The van der Waals surface area contributed by atoms with Gasteiger partial charge >= 0.3 is 0 Å². The highest BCUT2D eigenvalue weighted by Gasteiger charge is 2.13. The molecule has 1 N–H and O–H groups in total. The van der Waals surface area contributed by atoms with Gasteiger partial charge in [-0.05, 0) is 49.2 Å². The lowest BCUT2D eigenvalue weighted by Gasteiger charge is -2.10.